The maximum Gasteiger partial charge on any atom is 0.223 e. The Hall–Kier alpha value is -4.00. The number of anilines is 1. The van der Waals surface area contributed by atoms with Crippen LogP contribution in [0.3, 0.4) is 0 Å². The van der Waals surface area contributed by atoms with Gasteiger partial charge in [0.2, 0.25) is 5.95 Å². The van der Waals surface area contributed by atoms with Crippen molar-refractivity contribution >= 4 is 11.6 Å². The van der Waals surface area contributed by atoms with E-state index in [1.165, 1.54) is 11.1 Å². The van der Waals surface area contributed by atoms with E-state index in [0.29, 0.717) is 6.04 Å². The molecule has 1 aliphatic heterocycles. The van der Waals surface area contributed by atoms with E-state index >= 15 is 0 Å². The van der Waals surface area contributed by atoms with E-state index in [4.69, 9.17) is 4.98 Å². The van der Waals surface area contributed by atoms with Gasteiger partial charge in [-0.2, -0.15) is 0 Å². The third-order valence-electron chi connectivity index (χ3n) is 6.55. The summed E-state index contributed by atoms with van der Waals surface area (Å²) in [5.74, 6) is 1.57. The molecular formula is C26H25N7. The Bertz CT molecular complexity index is 1270. The smallest absolute Gasteiger partial charge is 0.223 e. The minimum Gasteiger partial charge on any atom is -0.367 e. The number of hydrogen-bond acceptors (Lipinski definition) is 6. The van der Waals surface area contributed by atoms with E-state index < -0.39 is 0 Å². The molecule has 7 heteroatoms. The lowest BCUT2D eigenvalue weighted by Crippen LogP contribution is -2.30. The Balaban J connectivity index is 1.12. The minimum atomic E-state index is 0.359. The van der Waals surface area contributed by atoms with Crippen LogP contribution in [0.1, 0.15) is 27.9 Å². The first-order chi connectivity index (χ1) is 16.2. The topological polar surface area (TPSA) is 71.8 Å². The normalized spacial score (nSPS) is 15.2. The van der Waals surface area contributed by atoms with Crippen LogP contribution >= 0.6 is 0 Å². The maximum absolute atomic E-state index is 4.85. The fourth-order valence-corrected chi connectivity index (χ4v) is 4.75. The molecule has 1 aromatic carbocycles. The van der Waals surface area contributed by atoms with Gasteiger partial charge in [0.1, 0.15) is 12.1 Å². The fraction of sp³-hybridized carbons (Fsp3) is 0.231. The van der Waals surface area contributed by atoms with Gasteiger partial charge in [-0.15, -0.1) is 0 Å². The summed E-state index contributed by atoms with van der Waals surface area (Å²) in [5, 5.41) is 3.55. The van der Waals surface area contributed by atoms with Gasteiger partial charge in [0, 0.05) is 67.2 Å². The van der Waals surface area contributed by atoms with Gasteiger partial charge in [0.25, 0.3) is 0 Å². The number of benzene rings is 1. The van der Waals surface area contributed by atoms with Crippen molar-refractivity contribution in [3.8, 4) is 5.82 Å². The monoisotopic (exact) mass is 435 g/mol. The van der Waals surface area contributed by atoms with Crippen molar-refractivity contribution in [2.24, 2.45) is 0 Å². The van der Waals surface area contributed by atoms with Gasteiger partial charge in [-0.05, 0) is 36.1 Å². The lowest BCUT2D eigenvalue weighted by atomic mass is 10.1. The molecule has 0 saturated carbocycles. The largest absolute Gasteiger partial charge is 0.367 e. The lowest BCUT2D eigenvalue weighted by Gasteiger charge is -2.31. The SMILES string of the molecule is C=C(c1ccc(-n2ccnc2)nc1)N1CCc2nc(NC3Cc4ccccc4C3)ncc2C1. The predicted molar refractivity (Wildman–Crippen MR) is 128 cm³/mol. The number of nitrogens with one attached hydrogen (secondary N) is 1. The molecule has 0 amide bonds. The Morgan fingerprint density at radius 3 is 2.58 bits per heavy atom. The van der Waals surface area contributed by atoms with Crippen LogP contribution in [-0.2, 0) is 25.8 Å². The highest BCUT2D eigenvalue weighted by molar-refractivity contribution is 5.62. The molecule has 0 unspecified atom stereocenters. The lowest BCUT2D eigenvalue weighted by molar-refractivity contribution is 0.369. The van der Waals surface area contributed by atoms with Crippen molar-refractivity contribution in [2.75, 3.05) is 11.9 Å². The van der Waals surface area contributed by atoms with Crippen molar-refractivity contribution < 1.29 is 0 Å². The highest BCUT2D eigenvalue weighted by Crippen LogP contribution is 2.27. The average Bonchev–Trinajstić information content (AvgIpc) is 3.53. The van der Waals surface area contributed by atoms with Crippen LogP contribution in [-0.4, -0.2) is 42.0 Å². The van der Waals surface area contributed by atoms with Crippen molar-refractivity contribution in [1.29, 1.82) is 0 Å². The molecular weight excluding hydrogens is 410 g/mol. The Kier molecular flexibility index (Phi) is 4.87. The Morgan fingerprint density at radius 2 is 1.85 bits per heavy atom. The summed E-state index contributed by atoms with van der Waals surface area (Å²) in [6.07, 6.45) is 12.1. The molecule has 164 valence electrons. The van der Waals surface area contributed by atoms with E-state index in [-0.39, 0.29) is 0 Å². The van der Waals surface area contributed by atoms with Gasteiger partial charge < -0.3 is 10.2 Å². The zero-order valence-corrected chi connectivity index (χ0v) is 18.4. The number of hydrogen-bond donors (Lipinski definition) is 1. The zero-order chi connectivity index (χ0) is 22.2. The fourth-order valence-electron chi connectivity index (χ4n) is 4.75. The number of imidazole rings is 1. The predicted octanol–water partition coefficient (Wildman–Crippen LogP) is 3.67. The molecule has 0 saturated heterocycles. The van der Waals surface area contributed by atoms with Gasteiger partial charge in [-0.3, -0.25) is 4.57 Å². The van der Waals surface area contributed by atoms with E-state index in [2.05, 4.69) is 62.1 Å². The molecule has 3 aromatic heterocycles. The minimum absolute atomic E-state index is 0.359. The van der Waals surface area contributed by atoms with Crippen LogP contribution in [0.25, 0.3) is 11.5 Å². The van der Waals surface area contributed by atoms with Crippen molar-refractivity contribution in [3.05, 3.63) is 102 Å². The first-order valence-electron chi connectivity index (χ1n) is 11.3. The van der Waals surface area contributed by atoms with Gasteiger partial charge in [-0.25, -0.2) is 19.9 Å². The molecule has 0 fully saturated rings. The molecule has 4 aromatic rings. The van der Waals surface area contributed by atoms with Crippen molar-refractivity contribution in [3.63, 3.8) is 0 Å². The molecule has 2 aliphatic rings. The van der Waals surface area contributed by atoms with Crippen LogP contribution in [0.15, 0.2) is 74.1 Å². The molecule has 1 N–H and O–H groups in total. The van der Waals surface area contributed by atoms with Crippen molar-refractivity contribution in [2.45, 2.75) is 31.8 Å². The van der Waals surface area contributed by atoms with Crippen molar-refractivity contribution in [1.82, 2.24) is 29.4 Å². The van der Waals surface area contributed by atoms with Gasteiger partial charge >= 0.3 is 0 Å². The number of fused-ring (bicyclic) bond motifs is 2. The molecule has 33 heavy (non-hydrogen) atoms. The molecule has 7 nitrogen and oxygen atoms in total. The first-order valence-corrected chi connectivity index (χ1v) is 11.3. The molecule has 0 atom stereocenters. The zero-order valence-electron chi connectivity index (χ0n) is 18.4. The Labute approximate surface area is 192 Å². The van der Waals surface area contributed by atoms with E-state index in [1.807, 2.05) is 29.2 Å². The molecule has 6 rings (SSSR count). The summed E-state index contributed by atoms with van der Waals surface area (Å²) < 4.78 is 1.89. The summed E-state index contributed by atoms with van der Waals surface area (Å²) in [5.41, 5.74) is 7.12. The second kappa shape index (κ2) is 8.16. The quantitative estimate of drug-likeness (QED) is 0.516. The van der Waals surface area contributed by atoms with Crippen LogP contribution in [0, 0.1) is 0 Å². The number of aromatic nitrogens is 5. The summed E-state index contributed by atoms with van der Waals surface area (Å²) in [4.78, 5) is 20.4. The number of rotatable bonds is 5. The second-order valence-electron chi connectivity index (χ2n) is 8.68. The van der Waals surface area contributed by atoms with Gasteiger partial charge in [-0.1, -0.05) is 30.8 Å². The van der Waals surface area contributed by atoms with Crippen LogP contribution in [0.2, 0.25) is 0 Å². The summed E-state index contributed by atoms with van der Waals surface area (Å²) in [7, 11) is 0. The van der Waals surface area contributed by atoms with Crippen LogP contribution in [0.5, 0.6) is 0 Å². The molecule has 0 bridgehead atoms. The van der Waals surface area contributed by atoms with E-state index in [9.17, 15) is 0 Å². The van der Waals surface area contributed by atoms with Gasteiger partial charge in [0.15, 0.2) is 0 Å². The van der Waals surface area contributed by atoms with Gasteiger partial charge in [0.05, 0.1) is 5.69 Å². The van der Waals surface area contributed by atoms with Crippen LogP contribution < -0.4 is 5.32 Å². The third-order valence-corrected chi connectivity index (χ3v) is 6.55. The summed E-state index contributed by atoms with van der Waals surface area (Å²) in [6, 6.07) is 13.1. The molecule has 4 heterocycles. The first kappa shape index (κ1) is 19.7. The second-order valence-corrected chi connectivity index (χ2v) is 8.68. The Morgan fingerprint density at radius 1 is 1.00 bits per heavy atom. The molecule has 0 radical (unpaired) electrons. The highest BCUT2D eigenvalue weighted by Gasteiger charge is 2.24. The van der Waals surface area contributed by atoms with Crippen LogP contribution in [0.4, 0.5) is 5.95 Å². The number of pyridine rings is 1. The van der Waals surface area contributed by atoms with E-state index in [1.54, 1.807) is 12.5 Å². The highest BCUT2D eigenvalue weighted by atomic mass is 15.2. The number of nitrogens with zero attached hydrogens (tertiary/aromatic N) is 6. The summed E-state index contributed by atoms with van der Waals surface area (Å²) >= 11 is 0. The third kappa shape index (κ3) is 3.86. The molecule has 1 aliphatic carbocycles. The van der Waals surface area contributed by atoms with E-state index in [0.717, 1.165) is 66.6 Å². The standard InChI is InChI=1S/C26H25N7/c1-18(21-6-7-25(28-14-21)33-11-9-27-17-33)32-10-8-24-22(16-32)15-29-26(31-24)30-23-12-19-4-2-3-5-20(19)13-23/h2-7,9,11,14-15,17,23H,1,8,10,12-13,16H2,(H,29,30,31). The summed E-state index contributed by atoms with van der Waals surface area (Å²) in [6.45, 7) is 5.97. The maximum atomic E-state index is 4.85. The average molecular weight is 436 g/mol. The molecule has 0 spiro atoms.